The number of amides is 1. The SMILES string of the molecule is CCC(CC)(CC(=O)Nc1cc(C)ccc1F)C(=O)O. The van der Waals surface area contributed by atoms with Crippen LogP contribution in [0.2, 0.25) is 0 Å². The molecule has 0 aliphatic heterocycles. The molecule has 1 amide bonds. The first kappa shape index (κ1) is 16.1. The number of anilines is 1. The van der Waals surface area contributed by atoms with Crippen molar-refractivity contribution in [3.63, 3.8) is 0 Å². The van der Waals surface area contributed by atoms with Crippen molar-refractivity contribution in [3.05, 3.63) is 29.6 Å². The lowest BCUT2D eigenvalue weighted by Crippen LogP contribution is -2.34. The molecule has 2 N–H and O–H groups in total. The molecule has 110 valence electrons. The average molecular weight is 281 g/mol. The predicted octanol–water partition coefficient (Wildman–Crippen LogP) is 3.35. The van der Waals surface area contributed by atoms with E-state index >= 15 is 0 Å². The van der Waals surface area contributed by atoms with E-state index in [2.05, 4.69) is 5.32 Å². The van der Waals surface area contributed by atoms with Crippen LogP contribution in [0.4, 0.5) is 10.1 Å². The van der Waals surface area contributed by atoms with Gasteiger partial charge in [0.15, 0.2) is 0 Å². The third-order valence-corrected chi connectivity index (χ3v) is 3.70. The molecule has 20 heavy (non-hydrogen) atoms. The number of halogens is 1. The number of carboxylic acid groups (broad SMARTS) is 1. The molecule has 0 saturated carbocycles. The van der Waals surface area contributed by atoms with Gasteiger partial charge in [0.05, 0.1) is 11.1 Å². The number of hydrogen-bond acceptors (Lipinski definition) is 2. The van der Waals surface area contributed by atoms with Crippen molar-refractivity contribution < 1.29 is 19.1 Å². The van der Waals surface area contributed by atoms with Crippen LogP contribution in [-0.4, -0.2) is 17.0 Å². The lowest BCUT2D eigenvalue weighted by Gasteiger charge is -2.25. The normalized spacial score (nSPS) is 11.2. The monoisotopic (exact) mass is 281 g/mol. The molecule has 0 atom stereocenters. The molecular formula is C15H20FNO3. The van der Waals surface area contributed by atoms with Crippen LogP contribution in [0.25, 0.3) is 0 Å². The number of nitrogens with one attached hydrogen (secondary N) is 1. The Kier molecular flexibility index (Phi) is 5.25. The Bertz CT molecular complexity index is 510. The van der Waals surface area contributed by atoms with Crippen LogP contribution in [0.5, 0.6) is 0 Å². The predicted molar refractivity (Wildman–Crippen MR) is 75.0 cm³/mol. The molecule has 0 heterocycles. The number of rotatable bonds is 6. The minimum atomic E-state index is -1.09. The van der Waals surface area contributed by atoms with Crippen molar-refractivity contribution in [2.45, 2.75) is 40.0 Å². The lowest BCUT2D eigenvalue weighted by molar-refractivity contribution is -0.151. The standard InChI is InChI=1S/C15H20FNO3/c1-4-15(5-2,14(19)20)9-13(18)17-12-8-10(3)6-7-11(12)16/h6-8H,4-5,9H2,1-3H3,(H,17,18)(H,19,20). The van der Waals surface area contributed by atoms with Crippen molar-refractivity contribution in [1.29, 1.82) is 0 Å². The second kappa shape index (κ2) is 6.50. The summed E-state index contributed by atoms with van der Waals surface area (Å²) in [5.41, 5.74) is -0.191. The van der Waals surface area contributed by atoms with Gasteiger partial charge in [0.1, 0.15) is 5.82 Å². The molecule has 0 unspecified atom stereocenters. The minimum Gasteiger partial charge on any atom is -0.481 e. The van der Waals surface area contributed by atoms with Crippen molar-refractivity contribution in [2.75, 3.05) is 5.32 Å². The Balaban J connectivity index is 2.86. The van der Waals surface area contributed by atoms with Crippen molar-refractivity contribution in [3.8, 4) is 0 Å². The maximum atomic E-state index is 13.6. The highest BCUT2D eigenvalue weighted by molar-refractivity contribution is 5.94. The number of aryl methyl sites for hydroxylation is 1. The van der Waals surface area contributed by atoms with Crippen molar-refractivity contribution >= 4 is 17.6 Å². The van der Waals surface area contributed by atoms with E-state index in [1.165, 1.54) is 12.1 Å². The van der Waals surface area contributed by atoms with Gasteiger partial charge in [0, 0.05) is 6.42 Å². The number of carbonyl (C=O) groups is 2. The van der Waals surface area contributed by atoms with E-state index in [4.69, 9.17) is 0 Å². The highest BCUT2D eigenvalue weighted by Crippen LogP contribution is 2.31. The lowest BCUT2D eigenvalue weighted by atomic mass is 9.79. The van der Waals surface area contributed by atoms with Crippen LogP contribution in [0.1, 0.15) is 38.7 Å². The van der Waals surface area contributed by atoms with Crippen LogP contribution in [-0.2, 0) is 9.59 Å². The molecule has 1 aromatic rings. The fourth-order valence-electron chi connectivity index (χ4n) is 2.11. The molecule has 0 saturated heterocycles. The van der Waals surface area contributed by atoms with E-state index in [9.17, 15) is 19.1 Å². The smallest absolute Gasteiger partial charge is 0.310 e. The summed E-state index contributed by atoms with van der Waals surface area (Å²) in [6.45, 7) is 5.25. The Hall–Kier alpha value is -1.91. The molecular weight excluding hydrogens is 261 g/mol. The Morgan fingerprint density at radius 2 is 1.90 bits per heavy atom. The maximum Gasteiger partial charge on any atom is 0.310 e. The molecule has 0 aromatic heterocycles. The fraction of sp³-hybridized carbons (Fsp3) is 0.467. The molecule has 5 heteroatoms. The molecule has 0 bridgehead atoms. The molecule has 0 radical (unpaired) electrons. The maximum absolute atomic E-state index is 13.6. The van der Waals surface area contributed by atoms with Crippen LogP contribution >= 0.6 is 0 Å². The molecule has 1 rings (SSSR count). The topological polar surface area (TPSA) is 66.4 Å². The van der Waals surface area contributed by atoms with Gasteiger partial charge in [-0.1, -0.05) is 19.9 Å². The van der Waals surface area contributed by atoms with E-state index < -0.39 is 23.1 Å². The summed E-state index contributed by atoms with van der Waals surface area (Å²) in [4.78, 5) is 23.3. The van der Waals surface area contributed by atoms with Gasteiger partial charge in [-0.2, -0.15) is 0 Å². The Labute approximate surface area is 118 Å². The minimum absolute atomic E-state index is 0.0847. The zero-order valence-electron chi connectivity index (χ0n) is 12.0. The number of benzene rings is 1. The van der Waals surface area contributed by atoms with E-state index in [0.29, 0.717) is 12.8 Å². The van der Waals surface area contributed by atoms with Crippen LogP contribution < -0.4 is 5.32 Å². The molecule has 0 aliphatic carbocycles. The molecule has 0 aliphatic rings. The van der Waals surface area contributed by atoms with Gasteiger partial charge in [-0.3, -0.25) is 9.59 Å². The van der Waals surface area contributed by atoms with Gasteiger partial charge in [-0.05, 0) is 37.5 Å². The number of aliphatic carboxylic acids is 1. The van der Waals surface area contributed by atoms with Gasteiger partial charge >= 0.3 is 5.97 Å². The number of carbonyl (C=O) groups excluding carboxylic acids is 1. The highest BCUT2D eigenvalue weighted by atomic mass is 19.1. The largest absolute Gasteiger partial charge is 0.481 e. The first-order chi connectivity index (χ1) is 9.34. The van der Waals surface area contributed by atoms with Gasteiger partial charge in [-0.25, -0.2) is 4.39 Å². The van der Waals surface area contributed by atoms with Gasteiger partial charge in [0.2, 0.25) is 5.91 Å². The van der Waals surface area contributed by atoms with Crippen LogP contribution in [0.3, 0.4) is 0 Å². The summed E-state index contributed by atoms with van der Waals surface area (Å²) in [7, 11) is 0. The molecule has 0 fully saturated rings. The molecule has 0 spiro atoms. The fourth-order valence-corrected chi connectivity index (χ4v) is 2.11. The number of hydrogen-bond donors (Lipinski definition) is 2. The van der Waals surface area contributed by atoms with Crippen LogP contribution in [0.15, 0.2) is 18.2 Å². The third kappa shape index (κ3) is 3.56. The van der Waals surface area contributed by atoms with E-state index in [1.807, 2.05) is 0 Å². The number of carboxylic acids is 1. The zero-order chi connectivity index (χ0) is 15.3. The van der Waals surface area contributed by atoms with E-state index in [0.717, 1.165) is 5.56 Å². The summed E-state index contributed by atoms with van der Waals surface area (Å²) in [5.74, 6) is -2.01. The second-order valence-corrected chi connectivity index (χ2v) is 5.00. The van der Waals surface area contributed by atoms with Gasteiger partial charge in [-0.15, -0.1) is 0 Å². The molecule has 4 nitrogen and oxygen atoms in total. The highest BCUT2D eigenvalue weighted by Gasteiger charge is 2.37. The Morgan fingerprint density at radius 1 is 1.30 bits per heavy atom. The van der Waals surface area contributed by atoms with Gasteiger partial charge in [0.25, 0.3) is 0 Å². The van der Waals surface area contributed by atoms with Crippen LogP contribution in [0, 0.1) is 18.2 Å². The quantitative estimate of drug-likeness (QED) is 0.840. The van der Waals surface area contributed by atoms with Crippen molar-refractivity contribution in [2.24, 2.45) is 5.41 Å². The second-order valence-electron chi connectivity index (χ2n) is 5.00. The Morgan fingerprint density at radius 3 is 2.40 bits per heavy atom. The van der Waals surface area contributed by atoms with Gasteiger partial charge < -0.3 is 10.4 Å². The van der Waals surface area contributed by atoms with E-state index in [1.54, 1.807) is 26.8 Å². The summed E-state index contributed by atoms with van der Waals surface area (Å²) in [6.07, 6.45) is 0.536. The summed E-state index contributed by atoms with van der Waals surface area (Å²) < 4.78 is 13.6. The summed E-state index contributed by atoms with van der Waals surface area (Å²) >= 11 is 0. The molecule has 1 aromatic carbocycles. The zero-order valence-corrected chi connectivity index (χ0v) is 12.0. The first-order valence-electron chi connectivity index (χ1n) is 6.64. The average Bonchev–Trinajstić information content (AvgIpc) is 2.40. The third-order valence-electron chi connectivity index (χ3n) is 3.70. The van der Waals surface area contributed by atoms with E-state index in [-0.39, 0.29) is 12.1 Å². The summed E-state index contributed by atoms with van der Waals surface area (Å²) in [5, 5.41) is 11.7. The first-order valence-corrected chi connectivity index (χ1v) is 6.64. The summed E-state index contributed by atoms with van der Waals surface area (Å²) in [6, 6.07) is 4.40. The van der Waals surface area contributed by atoms with Crippen molar-refractivity contribution in [1.82, 2.24) is 0 Å².